The zero-order valence-corrected chi connectivity index (χ0v) is 15.1. The Morgan fingerprint density at radius 2 is 1.54 bits per heavy atom. The summed E-state index contributed by atoms with van der Waals surface area (Å²) in [6.07, 6.45) is 0. The summed E-state index contributed by atoms with van der Waals surface area (Å²) in [6, 6.07) is 11.2. The van der Waals surface area contributed by atoms with Gasteiger partial charge in [0, 0.05) is 5.56 Å². The summed E-state index contributed by atoms with van der Waals surface area (Å²) in [5.41, 5.74) is 0.163. The number of sulfonamides is 1. The van der Waals surface area contributed by atoms with Gasteiger partial charge in [0.05, 0.1) is 4.90 Å². The molecule has 0 aromatic heterocycles. The van der Waals surface area contributed by atoms with Crippen molar-refractivity contribution in [3.63, 3.8) is 0 Å². The van der Waals surface area contributed by atoms with Crippen LogP contribution in [-0.2, 0) is 14.8 Å². The van der Waals surface area contributed by atoms with Crippen LogP contribution in [0.3, 0.4) is 0 Å². The fourth-order valence-corrected chi connectivity index (χ4v) is 3.24. The van der Waals surface area contributed by atoms with E-state index in [4.69, 9.17) is 0 Å². The van der Waals surface area contributed by atoms with Gasteiger partial charge in [0.1, 0.15) is 11.9 Å². The number of carbonyl (C=O) groups is 2. The molecule has 0 heterocycles. The van der Waals surface area contributed by atoms with Crippen LogP contribution in [0.4, 0.5) is 4.39 Å². The van der Waals surface area contributed by atoms with E-state index in [1.54, 1.807) is 19.9 Å². The van der Waals surface area contributed by atoms with E-state index >= 15 is 0 Å². The van der Waals surface area contributed by atoms with Crippen LogP contribution in [-0.4, -0.2) is 26.3 Å². The normalized spacial score (nSPS) is 12.5. The first kappa shape index (κ1) is 19.6. The van der Waals surface area contributed by atoms with Gasteiger partial charge in [-0.3, -0.25) is 9.59 Å². The molecule has 2 aromatic rings. The average molecular weight is 378 g/mol. The van der Waals surface area contributed by atoms with Crippen LogP contribution in [0.2, 0.25) is 0 Å². The quantitative estimate of drug-likeness (QED) is 0.805. The first-order valence-electron chi connectivity index (χ1n) is 7.89. The average Bonchev–Trinajstić information content (AvgIpc) is 2.60. The van der Waals surface area contributed by atoms with Gasteiger partial charge in [-0.15, -0.1) is 0 Å². The van der Waals surface area contributed by atoms with E-state index in [1.165, 1.54) is 36.4 Å². The molecule has 0 spiro atoms. The fraction of sp³-hybridized carbons (Fsp3) is 0.222. The van der Waals surface area contributed by atoms with Gasteiger partial charge in [-0.25, -0.2) is 17.5 Å². The fourth-order valence-electron chi connectivity index (χ4n) is 2.22. The number of halogens is 1. The van der Waals surface area contributed by atoms with Crippen LogP contribution in [0.15, 0.2) is 59.5 Å². The third kappa shape index (κ3) is 4.89. The highest BCUT2D eigenvalue weighted by Gasteiger charge is 2.28. The molecule has 138 valence electrons. The Balaban J connectivity index is 2.15. The van der Waals surface area contributed by atoms with Gasteiger partial charge in [-0.05, 0) is 42.3 Å². The molecule has 0 aliphatic rings. The van der Waals surface area contributed by atoms with E-state index in [1.807, 2.05) is 4.72 Å². The maximum absolute atomic E-state index is 13.0. The van der Waals surface area contributed by atoms with E-state index in [2.05, 4.69) is 5.32 Å². The molecule has 8 heteroatoms. The van der Waals surface area contributed by atoms with E-state index in [9.17, 15) is 22.4 Å². The summed E-state index contributed by atoms with van der Waals surface area (Å²) in [6.45, 7) is 3.34. The Morgan fingerprint density at radius 3 is 2.08 bits per heavy atom. The molecular weight excluding hydrogens is 359 g/mol. The molecule has 2 rings (SSSR count). The standard InChI is InChI=1S/C18H19FN2O4S/c1-12(2)16(20-17(22)13-8-10-14(19)11-9-13)18(23)21-26(24,25)15-6-4-3-5-7-15/h3-12,16H,1-2H3,(H,20,22)(H,21,23). The van der Waals surface area contributed by atoms with Crippen LogP contribution in [0.1, 0.15) is 24.2 Å². The van der Waals surface area contributed by atoms with Crippen LogP contribution in [0, 0.1) is 11.7 Å². The molecule has 1 atom stereocenters. The Labute approximate surface area is 151 Å². The van der Waals surface area contributed by atoms with Gasteiger partial charge in [-0.1, -0.05) is 32.0 Å². The maximum atomic E-state index is 13.0. The summed E-state index contributed by atoms with van der Waals surface area (Å²) < 4.78 is 39.5. The number of hydrogen-bond donors (Lipinski definition) is 2. The Bertz CT molecular complexity index is 881. The van der Waals surface area contributed by atoms with Crippen LogP contribution in [0.5, 0.6) is 0 Å². The third-order valence-electron chi connectivity index (χ3n) is 3.63. The summed E-state index contributed by atoms with van der Waals surface area (Å²) >= 11 is 0. The lowest BCUT2D eigenvalue weighted by Gasteiger charge is -2.21. The molecule has 2 amide bonds. The van der Waals surface area contributed by atoms with E-state index in [-0.39, 0.29) is 16.4 Å². The highest BCUT2D eigenvalue weighted by Crippen LogP contribution is 2.10. The molecule has 26 heavy (non-hydrogen) atoms. The summed E-state index contributed by atoms with van der Waals surface area (Å²) in [5.74, 6) is -2.31. The smallest absolute Gasteiger partial charge is 0.264 e. The number of nitrogens with one attached hydrogen (secondary N) is 2. The second kappa shape index (κ2) is 8.09. The van der Waals surface area contributed by atoms with Crippen molar-refractivity contribution < 1.29 is 22.4 Å². The number of carbonyl (C=O) groups excluding carboxylic acids is 2. The zero-order valence-electron chi connectivity index (χ0n) is 14.3. The summed E-state index contributed by atoms with van der Waals surface area (Å²) in [7, 11) is -4.04. The molecule has 1 unspecified atom stereocenters. The SMILES string of the molecule is CC(C)C(NC(=O)c1ccc(F)cc1)C(=O)NS(=O)(=O)c1ccccc1. The van der Waals surface area contributed by atoms with Gasteiger partial charge in [0.15, 0.2) is 0 Å². The van der Waals surface area contributed by atoms with Gasteiger partial charge in [0.25, 0.3) is 21.8 Å². The predicted molar refractivity (Wildman–Crippen MR) is 94.3 cm³/mol. The van der Waals surface area contributed by atoms with Gasteiger partial charge in [-0.2, -0.15) is 0 Å². The third-order valence-corrected chi connectivity index (χ3v) is 4.99. The Kier molecular flexibility index (Phi) is 6.10. The number of benzene rings is 2. The number of amides is 2. The summed E-state index contributed by atoms with van der Waals surface area (Å²) in [5, 5.41) is 2.49. The van der Waals surface area contributed by atoms with Crippen molar-refractivity contribution in [2.24, 2.45) is 5.92 Å². The monoisotopic (exact) mass is 378 g/mol. The molecule has 0 aliphatic heterocycles. The summed E-state index contributed by atoms with van der Waals surface area (Å²) in [4.78, 5) is 24.6. The van der Waals surface area contributed by atoms with Crippen molar-refractivity contribution in [1.29, 1.82) is 0 Å². The van der Waals surface area contributed by atoms with Crippen LogP contribution >= 0.6 is 0 Å². The van der Waals surface area contributed by atoms with Crippen molar-refractivity contribution in [3.8, 4) is 0 Å². The van der Waals surface area contributed by atoms with Crippen molar-refractivity contribution in [2.75, 3.05) is 0 Å². The first-order valence-corrected chi connectivity index (χ1v) is 9.37. The Hall–Kier alpha value is -2.74. The Morgan fingerprint density at radius 1 is 0.962 bits per heavy atom. The number of hydrogen-bond acceptors (Lipinski definition) is 4. The minimum Gasteiger partial charge on any atom is -0.340 e. The highest BCUT2D eigenvalue weighted by molar-refractivity contribution is 7.90. The largest absolute Gasteiger partial charge is 0.340 e. The molecule has 2 N–H and O–H groups in total. The minimum atomic E-state index is -4.04. The van der Waals surface area contributed by atoms with Crippen molar-refractivity contribution >= 4 is 21.8 Å². The maximum Gasteiger partial charge on any atom is 0.264 e. The van der Waals surface area contributed by atoms with Crippen molar-refractivity contribution in [1.82, 2.24) is 10.0 Å². The van der Waals surface area contributed by atoms with E-state index < -0.39 is 33.7 Å². The molecule has 0 fully saturated rings. The second-order valence-electron chi connectivity index (χ2n) is 5.98. The minimum absolute atomic E-state index is 0.0549. The van der Waals surface area contributed by atoms with Crippen LogP contribution < -0.4 is 10.0 Å². The lowest BCUT2D eigenvalue weighted by Crippen LogP contribution is -2.51. The lowest BCUT2D eigenvalue weighted by molar-refractivity contribution is -0.122. The highest BCUT2D eigenvalue weighted by atomic mass is 32.2. The molecule has 6 nitrogen and oxygen atoms in total. The molecule has 0 saturated carbocycles. The van der Waals surface area contributed by atoms with Crippen molar-refractivity contribution in [3.05, 3.63) is 66.0 Å². The van der Waals surface area contributed by atoms with Gasteiger partial charge in [0.2, 0.25) is 0 Å². The molecule has 0 aliphatic carbocycles. The van der Waals surface area contributed by atoms with Crippen LogP contribution in [0.25, 0.3) is 0 Å². The first-order chi connectivity index (χ1) is 12.2. The van der Waals surface area contributed by atoms with Crippen molar-refractivity contribution in [2.45, 2.75) is 24.8 Å². The van der Waals surface area contributed by atoms with Gasteiger partial charge < -0.3 is 5.32 Å². The molecule has 0 bridgehead atoms. The molecule has 0 saturated heterocycles. The second-order valence-corrected chi connectivity index (χ2v) is 7.67. The van der Waals surface area contributed by atoms with Gasteiger partial charge >= 0.3 is 0 Å². The topological polar surface area (TPSA) is 92.3 Å². The number of rotatable bonds is 6. The zero-order chi connectivity index (χ0) is 19.3. The van der Waals surface area contributed by atoms with E-state index in [0.717, 1.165) is 12.1 Å². The molecule has 2 aromatic carbocycles. The lowest BCUT2D eigenvalue weighted by atomic mass is 10.0. The molecule has 0 radical (unpaired) electrons. The predicted octanol–water partition coefficient (Wildman–Crippen LogP) is 2.09. The van der Waals surface area contributed by atoms with E-state index in [0.29, 0.717) is 0 Å². The molecular formula is C18H19FN2O4S.